The first-order chi connectivity index (χ1) is 16.1. The van der Waals surface area contributed by atoms with Crippen molar-refractivity contribution in [3.05, 3.63) is 106 Å². The van der Waals surface area contributed by atoms with E-state index in [2.05, 4.69) is 10.4 Å². The van der Waals surface area contributed by atoms with Crippen LogP contribution in [0.1, 0.15) is 12.8 Å². The van der Waals surface area contributed by atoms with Crippen LogP contribution >= 0.6 is 11.6 Å². The molecule has 4 aromatic rings. The molecule has 0 aliphatic rings. The largest absolute Gasteiger partial charge is 0.457 e. The zero-order valence-electron chi connectivity index (χ0n) is 17.8. The first-order valence-corrected chi connectivity index (χ1v) is 10.9. The SMILES string of the molecule is O=C(CCCn1nc(-c2ccc(Cl)cc2)ccc1=O)Nc1ccc(Oc2ccccc2)cc1. The van der Waals surface area contributed by atoms with Crippen molar-refractivity contribution in [2.75, 3.05) is 5.32 Å². The van der Waals surface area contributed by atoms with E-state index >= 15 is 0 Å². The predicted molar refractivity (Wildman–Crippen MR) is 130 cm³/mol. The molecule has 4 rings (SSSR count). The van der Waals surface area contributed by atoms with Gasteiger partial charge in [-0.2, -0.15) is 5.10 Å². The van der Waals surface area contributed by atoms with Crippen LogP contribution in [0.5, 0.6) is 11.5 Å². The molecule has 0 saturated heterocycles. The number of halogens is 1. The Morgan fingerprint density at radius 1 is 0.879 bits per heavy atom. The maximum Gasteiger partial charge on any atom is 0.266 e. The van der Waals surface area contributed by atoms with Crippen LogP contribution in [0.25, 0.3) is 11.3 Å². The number of benzene rings is 3. The van der Waals surface area contributed by atoms with E-state index in [4.69, 9.17) is 16.3 Å². The zero-order chi connectivity index (χ0) is 23.0. The summed E-state index contributed by atoms with van der Waals surface area (Å²) in [4.78, 5) is 24.5. The molecule has 0 bridgehead atoms. The summed E-state index contributed by atoms with van der Waals surface area (Å²) in [6, 6.07) is 27.1. The van der Waals surface area contributed by atoms with E-state index in [9.17, 15) is 9.59 Å². The second kappa shape index (κ2) is 10.6. The van der Waals surface area contributed by atoms with Gasteiger partial charge in [0.2, 0.25) is 5.91 Å². The number of nitrogens with one attached hydrogen (secondary N) is 1. The molecule has 1 heterocycles. The van der Waals surface area contributed by atoms with Crippen LogP contribution in [-0.2, 0) is 11.3 Å². The lowest BCUT2D eigenvalue weighted by molar-refractivity contribution is -0.116. The number of aryl methyl sites for hydroxylation is 1. The number of hydrogen-bond donors (Lipinski definition) is 1. The first-order valence-electron chi connectivity index (χ1n) is 10.5. The summed E-state index contributed by atoms with van der Waals surface area (Å²) in [5.74, 6) is 1.30. The predicted octanol–water partition coefficient (Wildman–Crippen LogP) is 5.77. The maximum atomic E-state index is 12.3. The van der Waals surface area contributed by atoms with Gasteiger partial charge in [0.1, 0.15) is 11.5 Å². The lowest BCUT2D eigenvalue weighted by Crippen LogP contribution is -2.23. The van der Waals surface area contributed by atoms with Gasteiger partial charge >= 0.3 is 0 Å². The van der Waals surface area contributed by atoms with Crippen LogP contribution in [0, 0.1) is 0 Å². The van der Waals surface area contributed by atoms with E-state index < -0.39 is 0 Å². The second-order valence-electron chi connectivity index (χ2n) is 7.38. The summed E-state index contributed by atoms with van der Waals surface area (Å²) >= 11 is 5.93. The van der Waals surface area contributed by atoms with E-state index in [1.165, 1.54) is 10.7 Å². The average Bonchev–Trinajstić information content (AvgIpc) is 2.83. The van der Waals surface area contributed by atoms with Gasteiger partial charge in [-0.05, 0) is 61.0 Å². The maximum absolute atomic E-state index is 12.3. The quantitative estimate of drug-likeness (QED) is 0.362. The molecular weight excluding hydrogens is 438 g/mol. The van der Waals surface area contributed by atoms with Crippen LogP contribution in [0.2, 0.25) is 5.02 Å². The number of carbonyl (C=O) groups is 1. The van der Waals surface area contributed by atoms with Gasteiger partial charge in [0.25, 0.3) is 5.56 Å². The molecule has 0 aliphatic carbocycles. The molecule has 1 N–H and O–H groups in total. The van der Waals surface area contributed by atoms with Gasteiger partial charge in [0.05, 0.1) is 5.69 Å². The van der Waals surface area contributed by atoms with Crippen molar-refractivity contribution in [3.63, 3.8) is 0 Å². The Hall–Kier alpha value is -3.90. The molecular formula is C26H22ClN3O3. The smallest absolute Gasteiger partial charge is 0.266 e. The van der Waals surface area contributed by atoms with Gasteiger partial charge in [0.15, 0.2) is 0 Å². The standard InChI is InChI=1S/C26H22ClN3O3/c27-20-10-8-19(9-11-20)24-16-17-26(32)30(29-24)18-4-7-25(31)28-21-12-14-23(15-13-21)33-22-5-2-1-3-6-22/h1-3,5-6,8-17H,4,7,18H2,(H,28,31). The van der Waals surface area contributed by atoms with Crippen LogP contribution in [-0.4, -0.2) is 15.7 Å². The Bertz CT molecular complexity index is 1270. The molecule has 0 aliphatic heterocycles. The van der Waals surface area contributed by atoms with Crippen LogP contribution in [0.15, 0.2) is 95.8 Å². The van der Waals surface area contributed by atoms with Crippen molar-refractivity contribution in [3.8, 4) is 22.8 Å². The van der Waals surface area contributed by atoms with Gasteiger partial charge in [-0.3, -0.25) is 9.59 Å². The molecule has 0 radical (unpaired) electrons. The fraction of sp³-hybridized carbons (Fsp3) is 0.115. The summed E-state index contributed by atoms with van der Waals surface area (Å²) in [6.45, 7) is 0.345. The Balaban J connectivity index is 1.29. The van der Waals surface area contributed by atoms with Crippen molar-refractivity contribution in [2.24, 2.45) is 0 Å². The van der Waals surface area contributed by atoms with Gasteiger partial charge in [-0.25, -0.2) is 4.68 Å². The Kier molecular flexibility index (Phi) is 7.17. The van der Waals surface area contributed by atoms with Crippen molar-refractivity contribution < 1.29 is 9.53 Å². The molecule has 33 heavy (non-hydrogen) atoms. The highest BCUT2D eigenvalue weighted by molar-refractivity contribution is 6.30. The molecule has 1 aromatic heterocycles. The van der Waals surface area contributed by atoms with Gasteiger partial charge in [-0.15, -0.1) is 0 Å². The fourth-order valence-electron chi connectivity index (χ4n) is 3.23. The minimum absolute atomic E-state index is 0.131. The molecule has 0 unspecified atom stereocenters. The third kappa shape index (κ3) is 6.30. The number of rotatable bonds is 8. The molecule has 0 spiro atoms. The van der Waals surface area contributed by atoms with Gasteiger partial charge in [-0.1, -0.05) is 41.9 Å². The zero-order valence-corrected chi connectivity index (χ0v) is 18.5. The topological polar surface area (TPSA) is 73.2 Å². The normalized spacial score (nSPS) is 10.6. The molecule has 6 nitrogen and oxygen atoms in total. The van der Waals surface area contributed by atoms with Crippen molar-refractivity contribution in [1.82, 2.24) is 9.78 Å². The minimum atomic E-state index is -0.206. The molecule has 0 saturated carbocycles. The molecule has 3 aromatic carbocycles. The number of nitrogens with zero attached hydrogens (tertiary/aromatic N) is 2. The summed E-state index contributed by atoms with van der Waals surface area (Å²) in [5, 5.41) is 7.91. The lowest BCUT2D eigenvalue weighted by Gasteiger charge is -2.09. The van der Waals surface area contributed by atoms with E-state index in [1.807, 2.05) is 42.5 Å². The molecule has 0 atom stereocenters. The number of anilines is 1. The van der Waals surface area contributed by atoms with Gasteiger partial charge in [0, 0.05) is 35.3 Å². The van der Waals surface area contributed by atoms with Crippen LogP contribution < -0.4 is 15.6 Å². The van der Waals surface area contributed by atoms with E-state index in [-0.39, 0.29) is 17.9 Å². The molecule has 0 fully saturated rings. The van der Waals surface area contributed by atoms with Crippen molar-refractivity contribution in [1.29, 1.82) is 0 Å². The van der Waals surface area contributed by atoms with Crippen molar-refractivity contribution >= 4 is 23.2 Å². The lowest BCUT2D eigenvalue weighted by atomic mass is 10.1. The first kappa shape index (κ1) is 22.3. The molecule has 1 amide bonds. The van der Waals surface area contributed by atoms with Crippen molar-refractivity contribution in [2.45, 2.75) is 19.4 Å². The molecule has 166 valence electrons. The van der Waals surface area contributed by atoms with Crippen LogP contribution in [0.4, 0.5) is 5.69 Å². The summed E-state index contributed by atoms with van der Waals surface area (Å²) in [5.41, 5.74) is 2.02. The number of para-hydroxylation sites is 1. The van der Waals surface area contributed by atoms with E-state index in [0.29, 0.717) is 35.1 Å². The third-order valence-corrected chi connectivity index (χ3v) is 5.15. The number of hydrogen-bond acceptors (Lipinski definition) is 4. The van der Waals surface area contributed by atoms with E-state index in [0.717, 1.165) is 11.3 Å². The third-order valence-electron chi connectivity index (χ3n) is 4.90. The van der Waals surface area contributed by atoms with E-state index in [1.54, 1.807) is 42.5 Å². The fourth-order valence-corrected chi connectivity index (χ4v) is 3.35. The number of carbonyl (C=O) groups excluding carboxylic acids is 1. The summed E-state index contributed by atoms with van der Waals surface area (Å²) < 4.78 is 7.13. The number of aromatic nitrogens is 2. The Morgan fingerprint density at radius 2 is 1.58 bits per heavy atom. The number of ether oxygens (including phenoxy) is 1. The highest BCUT2D eigenvalue weighted by Crippen LogP contribution is 2.23. The Morgan fingerprint density at radius 3 is 2.30 bits per heavy atom. The Labute approximate surface area is 196 Å². The molecule has 7 heteroatoms. The van der Waals surface area contributed by atoms with Gasteiger partial charge < -0.3 is 10.1 Å². The monoisotopic (exact) mass is 459 g/mol. The second-order valence-corrected chi connectivity index (χ2v) is 7.81. The summed E-state index contributed by atoms with van der Waals surface area (Å²) in [6.07, 6.45) is 0.750. The van der Waals surface area contributed by atoms with Crippen LogP contribution in [0.3, 0.4) is 0 Å². The minimum Gasteiger partial charge on any atom is -0.457 e. The highest BCUT2D eigenvalue weighted by Gasteiger charge is 2.07. The highest BCUT2D eigenvalue weighted by atomic mass is 35.5. The number of amides is 1. The average molecular weight is 460 g/mol. The summed E-state index contributed by atoms with van der Waals surface area (Å²) in [7, 11) is 0.